The van der Waals surface area contributed by atoms with Gasteiger partial charge >= 0.3 is 0 Å². The lowest BCUT2D eigenvalue weighted by atomic mass is 10.2. The molecule has 0 saturated carbocycles. The summed E-state index contributed by atoms with van der Waals surface area (Å²) < 4.78 is 10.6. The molecule has 1 amide bonds. The fraction of sp³-hybridized carbons (Fsp3) is 0.312. The van der Waals surface area contributed by atoms with Crippen molar-refractivity contribution in [3.05, 3.63) is 57.5 Å². The van der Waals surface area contributed by atoms with E-state index in [1.165, 1.54) is 0 Å². The average molecular weight is 342 g/mol. The quantitative estimate of drug-likeness (QED) is 0.791. The molecule has 0 saturated heterocycles. The largest absolute Gasteiger partial charge is 0.464 e. The second-order valence-electron chi connectivity index (χ2n) is 4.89. The summed E-state index contributed by atoms with van der Waals surface area (Å²) in [5, 5.41) is 0.854. The molecule has 2 rings (SSSR count). The van der Waals surface area contributed by atoms with Crippen molar-refractivity contribution >= 4 is 29.1 Å². The first-order valence-corrected chi connectivity index (χ1v) is 7.55. The first-order chi connectivity index (χ1) is 10.5. The summed E-state index contributed by atoms with van der Waals surface area (Å²) in [6, 6.07) is 8.51. The third kappa shape index (κ3) is 4.50. The molecule has 0 N–H and O–H groups in total. The number of aryl methyl sites for hydroxylation is 1. The number of benzene rings is 1. The molecule has 0 aliphatic rings. The normalized spacial score (nSPS) is 10.7. The van der Waals surface area contributed by atoms with E-state index >= 15 is 0 Å². The lowest BCUT2D eigenvalue weighted by Gasteiger charge is -2.21. The molecular weight excluding hydrogens is 325 g/mol. The molecule has 0 aliphatic heterocycles. The molecular formula is C16H17Cl2NO3. The van der Waals surface area contributed by atoms with E-state index in [-0.39, 0.29) is 5.91 Å². The highest BCUT2D eigenvalue weighted by molar-refractivity contribution is 6.35. The lowest BCUT2D eigenvalue weighted by Crippen LogP contribution is -2.33. The van der Waals surface area contributed by atoms with Crippen molar-refractivity contribution in [2.75, 3.05) is 20.3 Å². The van der Waals surface area contributed by atoms with Gasteiger partial charge in [0.15, 0.2) is 0 Å². The first-order valence-electron chi connectivity index (χ1n) is 6.79. The van der Waals surface area contributed by atoms with Gasteiger partial charge in [-0.3, -0.25) is 4.79 Å². The van der Waals surface area contributed by atoms with Crippen molar-refractivity contribution in [2.45, 2.75) is 13.5 Å². The molecule has 0 aliphatic carbocycles. The topological polar surface area (TPSA) is 42.7 Å². The molecule has 1 aromatic heterocycles. The van der Waals surface area contributed by atoms with E-state index in [4.69, 9.17) is 32.4 Å². The van der Waals surface area contributed by atoms with Crippen LogP contribution in [0.4, 0.5) is 0 Å². The van der Waals surface area contributed by atoms with Crippen LogP contribution < -0.4 is 0 Å². The van der Waals surface area contributed by atoms with Crippen molar-refractivity contribution in [3.8, 4) is 0 Å². The molecule has 6 heteroatoms. The maximum atomic E-state index is 12.7. The first kappa shape index (κ1) is 16.9. The maximum absolute atomic E-state index is 12.7. The standard InChI is InChI=1S/C16H17Cl2NO3/c1-11-3-4-15(22-11)10-19(5-6-21-2)16(20)12-7-13(17)9-14(18)8-12/h3-4,7-9H,5-6,10H2,1-2H3. The molecule has 22 heavy (non-hydrogen) atoms. The second kappa shape index (κ2) is 7.68. The van der Waals surface area contributed by atoms with Crippen molar-refractivity contribution in [2.24, 2.45) is 0 Å². The average Bonchev–Trinajstić information content (AvgIpc) is 2.87. The molecule has 118 valence electrons. The summed E-state index contributed by atoms with van der Waals surface area (Å²) in [5.74, 6) is 1.35. The van der Waals surface area contributed by atoms with E-state index in [0.29, 0.717) is 35.3 Å². The zero-order chi connectivity index (χ0) is 16.1. The van der Waals surface area contributed by atoms with Gasteiger partial charge in [0.05, 0.1) is 13.2 Å². The lowest BCUT2D eigenvalue weighted by molar-refractivity contribution is 0.0666. The predicted octanol–water partition coefficient (Wildman–Crippen LogP) is 4.18. The molecule has 4 nitrogen and oxygen atoms in total. The van der Waals surface area contributed by atoms with Crippen LogP contribution in [0.1, 0.15) is 21.9 Å². The van der Waals surface area contributed by atoms with Crippen LogP contribution in [0, 0.1) is 6.92 Å². The van der Waals surface area contributed by atoms with Crippen LogP contribution in [0.15, 0.2) is 34.7 Å². The molecule has 0 bridgehead atoms. The Kier molecular flexibility index (Phi) is 5.89. The van der Waals surface area contributed by atoms with E-state index in [9.17, 15) is 4.79 Å². The Morgan fingerprint density at radius 1 is 1.23 bits per heavy atom. The van der Waals surface area contributed by atoms with Gasteiger partial charge in [-0.15, -0.1) is 0 Å². The molecule has 0 radical (unpaired) electrons. The van der Waals surface area contributed by atoms with Gasteiger partial charge in [-0.05, 0) is 37.3 Å². The van der Waals surface area contributed by atoms with E-state index in [2.05, 4.69) is 0 Å². The molecule has 0 atom stereocenters. The SMILES string of the molecule is COCCN(Cc1ccc(C)o1)C(=O)c1cc(Cl)cc(Cl)c1. The smallest absolute Gasteiger partial charge is 0.254 e. The number of halogens is 2. The summed E-state index contributed by atoms with van der Waals surface area (Å²) in [6.07, 6.45) is 0. The monoisotopic (exact) mass is 341 g/mol. The van der Waals surface area contributed by atoms with Crippen LogP contribution in [0.25, 0.3) is 0 Å². The van der Waals surface area contributed by atoms with Gasteiger partial charge in [0.1, 0.15) is 11.5 Å². The molecule has 0 fully saturated rings. The van der Waals surface area contributed by atoms with Crippen LogP contribution >= 0.6 is 23.2 Å². The molecule has 1 aromatic carbocycles. The van der Waals surface area contributed by atoms with E-state index < -0.39 is 0 Å². The van der Waals surface area contributed by atoms with Crippen molar-refractivity contribution in [1.29, 1.82) is 0 Å². The predicted molar refractivity (Wildman–Crippen MR) is 86.5 cm³/mol. The van der Waals surface area contributed by atoms with Gasteiger partial charge in [-0.1, -0.05) is 23.2 Å². The van der Waals surface area contributed by atoms with Crippen LogP contribution in [0.3, 0.4) is 0 Å². The van der Waals surface area contributed by atoms with Crippen LogP contribution in [0.2, 0.25) is 10.0 Å². The van der Waals surface area contributed by atoms with Crippen LogP contribution in [-0.2, 0) is 11.3 Å². The van der Waals surface area contributed by atoms with Gasteiger partial charge in [0.2, 0.25) is 0 Å². The summed E-state index contributed by atoms with van der Waals surface area (Å²) >= 11 is 11.9. The van der Waals surface area contributed by atoms with Crippen LogP contribution in [-0.4, -0.2) is 31.1 Å². The number of ether oxygens (including phenoxy) is 1. The zero-order valence-corrected chi connectivity index (χ0v) is 13.9. The summed E-state index contributed by atoms with van der Waals surface area (Å²) in [4.78, 5) is 14.3. The number of furan rings is 1. The van der Waals surface area contributed by atoms with Gasteiger partial charge in [-0.25, -0.2) is 0 Å². The number of hydrogen-bond donors (Lipinski definition) is 0. The van der Waals surface area contributed by atoms with Crippen LogP contribution in [0.5, 0.6) is 0 Å². The minimum Gasteiger partial charge on any atom is -0.464 e. The summed E-state index contributed by atoms with van der Waals surface area (Å²) in [6.45, 7) is 3.10. The molecule has 1 heterocycles. The van der Waals surface area contributed by atoms with E-state index in [1.54, 1.807) is 30.2 Å². The van der Waals surface area contributed by atoms with Gasteiger partial charge in [-0.2, -0.15) is 0 Å². The highest BCUT2D eigenvalue weighted by Crippen LogP contribution is 2.21. The number of methoxy groups -OCH3 is 1. The fourth-order valence-electron chi connectivity index (χ4n) is 2.07. The van der Waals surface area contributed by atoms with Gasteiger partial charge in [0, 0.05) is 29.3 Å². The molecule has 0 unspecified atom stereocenters. The highest BCUT2D eigenvalue weighted by Gasteiger charge is 2.18. The summed E-state index contributed by atoms with van der Waals surface area (Å²) in [7, 11) is 1.59. The number of nitrogens with zero attached hydrogens (tertiary/aromatic N) is 1. The Balaban J connectivity index is 2.21. The van der Waals surface area contributed by atoms with Crippen molar-refractivity contribution in [3.63, 3.8) is 0 Å². The Bertz CT molecular complexity index is 634. The minimum absolute atomic E-state index is 0.171. The van der Waals surface area contributed by atoms with Crippen molar-refractivity contribution < 1.29 is 13.9 Å². The minimum atomic E-state index is -0.171. The third-order valence-electron chi connectivity index (χ3n) is 3.10. The number of carbonyl (C=O) groups excluding carboxylic acids is 1. The van der Waals surface area contributed by atoms with E-state index in [0.717, 1.165) is 11.5 Å². The highest BCUT2D eigenvalue weighted by atomic mass is 35.5. The Morgan fingerprint density at radius 2 is 1.91 bits per heavy atom. The van der Waals surface area contributed by atoms with Crippen molar-refractivity contribution in [1.82, 2.24) is 4.90 Å². The Morgan fingerprint density at radius 3 is 2.45 bits per heavy atom. The number of carbonyl (C=O) groups is 1. The third-order valence-corrected chi connectivity index (χ3v) is 3.54. The van der Waals surface area contributed by atoms with Gasteiger partial charge < -0.3 is 14.1 Å². The molecule has 2 aromatic rings. The number of rotatable bonds is 6. The maximum Gasteiger partial charge on any atom is 0.254 e. The van der Waals surface area contributed by atoms with Gasteiger partial charge in [0.25, 0.3) is 5.91 Å². The number of hydrogen-bond acceptors (Lipinski definition) is 3. The second-order valence-corrected chi connectivity index (χ2v) is 5.76. The number of amides is 1. The van der Waals surface area contributed by atoms with E-state index in [1.807, 2.05) is 19.1 Å². The molecule has 0 spiro atoms. The summed E-state index contributed by atoms with van der Waals surface area (Å²) in [5.41, 5.74) is 0.442. The zero-order valence-electron chi connectivity index (χ0n) is 12.4. The Labute approximate surface area is 139 Å². The fourth-order valence-corrected chi connectivity index (χ4v) is 2.60. The Hall–Kier alpha value is -1.49.